The van der Waals surface area contributed by atoms with Gasteiger partial charge in [0.2, 0.25) is 5.91 Å². The highest BCUT2D eigenvalue weighted by molar-refractivity contribution is 5.94. The average Bonchev–Trinajstić information content (AvgIpc) is 3.22. The summed E-state index contributed by atoms with van der Waals surface area (Å²) in [7, 11) is 0. The Labute approximate surface area is 195 Å². The molecular formula is C26H33N5O2. The van der Waals surface area contributed by atoms with Gasteiger partial charge in [0.25, 0.3) is 5.91 Å². The van der Waals surface area contributed by atoms with Crippen molar-refractivity contribution in [1.29, 1.82) is 0 Å². The van der Waals surface area contributed by atoms with Crippen LogP contribution in [0.5, 0.6) is 0 Å². The third kappa shape index (κ3) is 6.28. The average molecular weight is 448 g/mol. The number of nitrogens with one attached hydrogen (secondary N) is 1. The maximum Gasteiger partial charge on any atom is 0.269 e. The number of aromatic nitrogens is 3. The Morgan fingerprint density at radius 2 is 1.76 bits per heavy atom. The molecular weight excluding hydrogens is 414 g/mol. The Morgan fingerprint density at radius 1 is 1.00 bits per heavy atom. The fraction of sp³-hybridized carbons (Fsp3) is 0.385. The van der Waals surface area contributed by atoms with Gasteiger partial charge >= 0.3 is 0 Å². The molecule has 2 amide bonds. The number of amides is 2. The van der Waals surface area contributed by atoms with Crippen molar-refractivity contribution in [2.45, 2.75) is 65.3 Å². The molecule has 0 aliphatic carbocycles. The molecule has 3 rings (SSSR count). The summed E-state index contributed by atoms with van der Waals surface area (Å²) in [6.07, 6.45) is 7.96. The monoisotopic (exact) mass is 447 g/mol. The molecule has 0 spiro atoms. The Kier molecular flexibility index (Phi) is 8.75. The minimum Gasteiger partial charge on any atom is -0.364 e. The molecule has 0 saturated carbocycles. The topological polar surface area (TPSA) is 103 Å². The van der Waals surface area contributed by atoms with Gasteiger partial charge in [-0.1, -0.05) is 57.4 Å². The zero-order valence-corrected chi connectivity index (χ0v) is 19.5. The molecule has 3 N–H and O–H groups in total. The van der Waals surface area contributed by atoms with Crippen LogP contribution in [0.3, 0.4) is 0 Å². The van der Waals surface area contributed by atoms with E-state index in [4.69, 9.17) is 5.73 Å². The van der Waals surface area contributed by atoms with E-state index in [1.807, 2.05) is 42.5 Å². The number of benzene rings is 1. The molecule has 174 valence electrons. The minimum absolute atomic E-state index is 0.0580. The van der Waals surface area contributed by atoms with Crippen LogP contribution in [0.1, 0.15) is 74.0 Å². The molecule has 33 heavy (non-hydrogen) atoms. The molecule has 2 heterocycles. The molecule has 0 aliphatic rings. The third-order valence-corrected chi connectivity index (χ3v) is 5.56. The number of rotatable bonds is 12. The van der Waals surface area contributed by atoms with Gasteiger partial charge in [0.15, 0.2) is 5.69 Å². The smallest absolute Gasteiger partial charge is 0.269 e. The van der Waals surface area contributed by atoms with Crippen LogP contribution < -0.4 is 11.1 Å². The summed E-state index contributed by atoms with van der Waals surface area (Å²) >= 11 is 0. The first-order valence-electron chi connectivity index (χ1n) is 11.7. The van der Waals surface area contributed by atoms with Crippen molar-refractivity contribution >= 4 is 11.8 Å². The molecule has 0 fully saturated rings. The van der Waals surface area contributed by atoms with Crippen LogP contribution in [0, 0.1) is 0 Å². The first kappa shape index (κ1) is 24.2. The number of pyridine rings is 1. The van der Waals surface area contributed by atoms with E-state index in [9.17, 15) is 9.59 Å². The molecule has 0 bridgehead atoms. The van der Waals surface area contributed by atoms with Crippen LogP contribution >= 0.6 is 0 Å². The molecule has 1 aromatic carbocycles. The van der Waals surface area contributed by atoms with Crippen LogP contribution in [-0.4, -0.2) is 26.6 Å². The number of hydrogen-bond acceptors (Lipinski definition) is 4. The fourth-order valence-electron chi connectivity index (χ4n) is 3.75. The standard InChI is InChI=1S/C26H33N5O2/c1-3-5-8-14-23(32)29-18-19-15-16-22(28-17-19)25-21(13-6-4-2)24(26(27)33)30-31(25)20-11-9-7-10-12-20/h7,9-12,15-17H,3-6,8,13-14,18H2,1-2H3,(H2,27,33)(H,29,32). The summed E-state index contributed by atoms with van der Waals surface area (Å²) in [5.74, 6) is -0.484. The highest BCUT2D eigenvalue weighted by Crippen LogP contribution is 2.29. The number of nitrogens with zero attached hydrogens (tertiary/aromatic N) is 3. The Hall–Kier alpha value is -3.48. The van der Waals surface area contributed by atoms with Gasteiger partial charge in [0.05, 0.1) is 17.1 Å². The van der Waals surface area contributed by atoms with E-state index in [0.717, 1.165) is 54.6 Å². The summed E-state index contributed by atoms with van der Waals surface area (Å²) in [6.45, 7) is 4.66. The van der Waals surface area contributed by atoms with E-state index in [1.54, 1.807) is 10.9 Å². The molecule has 0 unspecified atom stereocenters. The summed E-state index contributed by atoms with van der Waals surface area (Å²) in [4.78, 5) is 28.9. The maximum atomic E-state index is 12.2. The molecule has 2 aromatic heterocycles. The fourth-order valence-corrected chi connectivity index (χ4v) is 3.75. The molecule has 0 atom stereocenters. The quantitative estimate of drug-likeness (QED) is 0.397. The van der Waals surface area contributed by atoms with Crippen molar-refractivity contribution in [1.82, 2.24) is 20.1 Å². The molecule has 0 radical (unpaired) electrons. The summed E-state index contributed by atoms with van der Waals surface area (Å²) in [6, 6.07) is 13.5. The molecule has 3 aromatic rings. The van der Waals surface area contributed by atoms with E-state index in [0.29, 0.717) is 25.1 Å². The zero-order chi connectivity index (χ0) is 23.6. The molecule has 0 saturated heterocycles. The van der Waals surface area contributed by atoms with Crippen LogP contribution in [0.15, 0.2) is 48.7 Å². The third-order valence-electron chi connectivity index (χ3n) is 5.56. The van der Waals surface area contributed by atoms with E-state index in [1.165, 1.54) is 0 Å². The Bertz CT molecular complexity index is 1060. The summed E-state index contributed by atoms with van der Waals surface area (Å²) < 4.78 is 1.75. The number of carbonyl (C=O) groups is 2. The zero-order valence-electron chi connectivity index (χ0n) is 19.5. The number of carbonyl (C=O) groups excluding carboxylic acids is 2. The van der Waals surface area contributed by atoms with Gasteiger partial charge < -0.3 is 11.1 Å². The van der Waals surface area contributed by atoms with Crippen molar-refractivity contribution in [2.24, 2.45) is 5.73 Å². The maximum absolute atomic E-state index is 12.2. The van der Waals surface area contributed by atoms with Crippen LogP contribution in [-0.2, 0) is 17.8 Å². The van der Waals surface area contributed by atoms with Gasteiger partial charge in [-0.25, -0.2) is 4.68 Å². The minimum atomic E-state index is -0.542. The highest BCUT2D eigenvalue weighted by atomic mass is 16.2. The summed E-state index contributed by atoms with van der Waals surface area (Å²) in [5.41, 5.74) is 10.0. The lowest BCUT2D eigenvalue weighted by Crippen LogP contribution is -2.22. The number of nitrogens with two attached hydrogens (primary N) is 1. The summed E-state index contributed by atoms with van der Waals surface area (Å²) in [5, 5.41) is 7.53. The Morgan fingerprint density at radius 3 is 2.39 bits per heavy atom. The Balaban J connectivity index is 1.90. The second-order valence-electron chi connectivity index (χ2n) is 8.18. The van der Waals surface area contributed by atoms with Crippen molar-refractivity contribution in [3.8, 4) is 17.1 Å². The van der Waals surface area contributed by atoms with Crippen LogP contribution in [0.2, 0.25) is 0 Å². The predicted octanol–water partition coefficient (Wildman–Crippen LogP) is 4.57. The van der Waals surface area contributed by atoms with E-state index >= 15 is 0 Å². The second kappa shape index (κ2) is 11.9. The van der Waals surface area contributed by atoms with E-state index < -0.39 is 5.91 Å². The number of hydrogen-bond donors (Lipinski definition) is 2. The van der Waals surface area contributed by atoms with E-state index in [2.05, 4.69) is 29.2 Å². The van der Waals surface area contributed by atoms with Crippen molar-refractivity contribution in [2.75, 3.05) is 0 Å². The number of para-hydroxylation sites is 1. The molecule has 0 aliphatic heterocycles. The van der Waals surface area contributed by atoms with Crippen molar-refractivity contribution in [3.05, 3.63) is 65.5 Å². The van der Waals surface area contributed by atoms with E-state index in [-0.39, 0.29) is 11.6 Å². The van der Waals surface area contributed by atoms with Gasteiger partial charge in [-0.2, -0.15) is 5.10 Å². The largest absolute Gasteiger partial charge is 0.364 e. The van der Waals surface area contributed by atoms with Gasteiger partial charge in [-0.15, -0.1) is 0 Å². The van der Waals surface area contributed by atoms with Crippen LogP contribution in [0.25, 0.3) is 17.1 Å². The predicted molar refractivity (Wildman–Crippen MR) is 130 cm³/mol. The van der Waals surface area contributed by atoms with Crippen LogP contribution in [0.4, 0.5) is 0 Å². The van der Waals surface area contributed by atoms with Crippen molar-refractivity contribution in [3.63, 3.8) is 0 Å². The molecule has 7 nitrogen and oxygen atoms in total. The first-order valence-corrected chi connectivity index (χ1v) is 11.7. The second-order valence-corrected chi connectivity index (χ2v) is 8.18. The lowest BCUT2D eigenvalue weighted by atomic mass is 10.0. The van der Waals surface area contributed by atoms with Gasteiger partial charge in [-0.05, 0) is 43.0 Å². The van der Waals surface area contributed by atoms with Gasteiger partial charge in [0.1, 0.15) is 0 Å². The first-order chi connectivity index (χ1) is 16.0. The lowest BCUT2D eigenvalue weighted by Gasteiger charge is -2.11. The number of primary amides is 1. The normalized spacial score (nSPS) is 10.8. The van der Waals surface area contributed by atoms with Crippen molar-refractivity contribution < 1.29 is 9.59 Å². The van der Waals surface area contributed by atoms with Gasteiger partial charge in [0, 0.05) is 24.7 Å². The molecule has 7 heteroatoms. The van der Waals surface area contributed by atoms with Gasteiger partial charge in [-0.3, -0.25) is 14.6 Å². The SMILES string of the molecule is CCCCCC(=O)NCc1ccc(-c2c(CCCC)c(C(N)=O)nn2-c2ccccc2)nc1. The lowest BCUT2D eigenvalue weighted by molar-refractivity contribution is -0.121. The highest BCUT2D eigenvalue weighted by Gasteiger charge is 2.23. The number of unbranched alkanes of at least 4 members (excludes halogenated alkanes) is 3.